The van der Waals surface area contributed by atoms with Crippen LogP contribution in [0.1, 0.15) is 53.2 Å². The van der Waals surface area contributed by atoms with Gasteiger partial charge in [0.05, 0.1) is 22.0 Å². The number of carbonyl (C=O) groups is 2. The highest BCUT2D eigenvalue weighted by Crippen LogP contribution is 2.43. The second kappa shape index (κ2) is 9.63. The van der Waals surface area contributed by atoms with Crippen molar-refractivity contribution in [2.75, 3.05) is 29.9 Å². The average molecular weight is 524 g/mol. The summed E-state index contributed by atoms with van der Waals surface area (Å²) in [6.45, 7) is 5.82. The van der Waals surface area contributed by atoms with Gasteiger partial charge in [-0.2, -0.15) is 0 Å². The van der Waals surface area contributed by atoms with E-state index in [9.17, 15) is 14.0 Å². The Morgan fingerprint density at radius 2 is 2.00 bits per heavy atom. The first kappa shape index (κ1) is 25.0. The summed E-state index contributed by atoms with van der Waals surface area (Å²) in [5, 5.41) is 12.4. The minimum absolute atomic E-state index is 0.0120. The van der Waals surface area contributed by atoms with E-state index in [-0.39, 0.29) is 28.0 Å². The predicted octanol–water partition coefficient (Wildman–Crippen LogP) is 5.11. The molecule has 4 heterocycles. The Hall–Kier alpha value is -3.72. The number of hydrogen-bond donors (Lipinski definition) is 2. The number of nitrogens with one attached hydrogen (secondary N) is 1. The van der Waals surface area contributed by atoms with Gasteiger partial charge in [-0.05, 0) is 55.3 Å². The minimum Gasteiger partial charge on any atom is -0.478 e. The van der Waals surface area contributed by atoms with Crippen molar-refractivity contribution in [3.8, 4) is 0 Å². The SMILES string of the molecule is CC1(C)CN(c2ccc(Cl)c(F)c2)c2ccc(C(=O)N3CCCC(Nc4ccc(C(=O)O)cn4)C3)nc21. The molecule has 0 aliphatic carbocycles. The van der Waals surface area contributed by atoms with Gasteiger partial charge in [-0.3, -0.25) is 4.79 Å². The van der Waals surface area contributed by atoms with Crippen molar-refractivity contribution in [1.29, 1.82) is 0 Å². The summed E-state index contributed by atoms with van der Waals surface area (Å²) < 4.78 is 14.1. The van der Waals surface area contributed by atoms with E-state index in [2.05, 4.69) is 24.1 Å². The fourth-order valence-electron chi connectivity index (χ4n) is 4.98. The molecule has 2 aliphatic rings. The number of piperidine rings is 1. The number of benzene rings is 1. The summed E-state index contributed by atoms with van der Waals surface area (Å²) in [5.41, 5.74) is 2.48. The number of likely N-dealkylation sites (tertiary alicyclic amines) is 1. The maximum absolute atomic E-state index is 14.1. The van der Waals surface area contributed by atoms with Crippen LogP contribution in [0.2, 0.25) is 5.02 Å². The lowest BCUT2D eigenvalue weighted by Crippen LogP contribution is -2.45. The van der Waals surface area contributed by atoms with Gasteiger partial charge in [-0.25, -0.2) is 19.2 Å². The molecular weight excluding hydrogens is 497 g/mol. The molecular formula is C27H27ClFN5O3. The van der Waals surface area contributed by atoms with E-state index < -0.39 is 11.8 Å². The Labute approximate surface area is 219 Å². The normalized spacial score (nSPS) is 18.4. The zero-order chi connectivity index (χ0) is 26.3. The number of carboxylic acid groups (broad SMARTS) is 1. The van der Waals surface area contributed by atoms with Gasteiger partial charge in [0.2, 0.25) is 0 Å². The van der Waals surface area contributed by atoms with E-state index in [4.69, 9.17) is 21.7 Å². The van der Waals surface area contributed by atoms with E-state index in [1.165, 1.54) is 18.3 Å². The fraction of sp³-hybridized carbons (Fsp3) is 0.333. The van der Waals surface area contributed by atoms with E-state index in [0.717, 1.165) is 24.2 Å². The van der Waals surface area contributed by atoms with E-state index >= 15 is 0 Å². The van der Waals surface area contributed by atoms with Gasteiger partial charge in [0.1, 0.15) is 17.3 Å². The van der Waals surface area contributed by atoms with Gasteiger partial charge in [0.25, 0.3) is 5.91 Å². The monoisotopic (exact) mass is 523 g/mol. The highest BCUT2D eigenvalue weighted by molar-refractivity contribution is 6.30. The molecule has 10 heteroatoms. The first-order chi connectivity index (χ1) is 17.6. The lowest BCUT2D eigenvalue weighted by Gasteiger charge is -2.33. The molecule has 1 amide bonds. The molecule has 8 nitrogen and oxygen atoms in total. The Balaban J connectivity index is 1.33. The van der Waals surface area contributed by atoms with E-state index in [0.29, 0.717) is 36.8 Å². The number of aromatic nitrogens is 2. The second-order valence-electron chi connectivity index (χ2n) is 10.1. The van der Waals surface area contributed by atoms with Crippen LogP contribution in [-0.4, -0.2) is 57.5 Å². The number of rotatable bonds is 5. The molecule has 3 aromatic rings. The third kappa shape index (κ3) is 4.96. The van der Waals surface area contributed by atoms with Gasteiger partial charge < -0.3 is 20.2 Å². The molecule has 1 fully saturated rings. The van der Waals surface area contributed by atoms with Crippen LogP contribution in [0.4, 0.5) is 21.6 Å². The van der Waals surface area contributed by atoms with Gasteiger partial charge in [0, 0.05) is 43.0 Å². The molecule has 0 spiro atoms. The number of carboxylic acids is 1. The predicted molar refractivity (Wildman–Crippen MR) is 139 cm³/mol. The largest absolute Gasteiger partial charge is 0.478 e. The molecule has 1 saturated heterocycles. The topological polar surface area (TPSA) is 98.7 Å². The van der Waals surface area contributed by atoms with Crippen LogP contribution < -0.4 is 10.2 Å². The first-order valence-corrected chi connectivity index (χ1v) is 12.5. The molecule has 37 heavy (non-hydrogen) atoms. The van der Waals surface area contributed by atoms with Crippen molar-refractivity contribution in [3.63, 3.8) is 0 Å². The van der Waals surface area contributed by atoms with Crippen molar-refractivity contribution < 1.29 is 19.1 Å². The third-order valence-corrected chi connectivity index (χ3v) is 7.17. The molecule has 2 aliphatic heterocycles. The number of pyridine rings is 2. The van der Waals surface area contributed by atoms with Crippen molar-refractivity contribution in [2.45, 2.75) is 38.1 Å². The summed E-state index contributed by atoms with van der Waals surface area (Å²) in [5.74, 6) is -1.08. The minimum atomic E-state index is -1.03. The molecule has 5 rings (SSSR count). The van der Waals surface area contributed by atoms with Gasteiger partial charge >= 0.3 is 5.97 Å². The van der Waals surface area contributed by atoms with Crippen LogP contribution in [0.25, 0.3) is 0 Å². The lowest BCUT2D eigenvalue weighted by atomic mass is 9.91. The summed E-state index contributed by atoms with van der Waals surface area (Å²) in [6, 6.07) is 11.5. The molecule has 1 unspecified atom stereocenters. The molecule has 1 aromatic carbocycles. The molecule has 0 saturated carbocycles. The van der Waals surface area contributed by atoms with Crippen LogP contribution in [0.5, 0.6) is 0 Å². The smallest absolute Gasteiger partial charge is 0.337 e. The Bertz CT molecular complexity index is 1360. The molecule has 0 radical (unpaired) electrons. The summed E-state index contributed by atoms with van der Waals surface area (Å²) in [7, 11) is 0. The van der Waals surface area contributed by atoms with Crippen LogP contribution in [0, 0.1) is 5.82 Å². The average Bonchev–Trinajstić information content (AvgIpc) is 3.16. The second-order valence-corrected chi connectivity index (χ2v) is 10.5. The standard InChI is InChI=1S/C27H27ClFN5O3/c1-27(2)15-34(18-6-7-19(28)20(29)12-18)22-9-8-21(32-24(22)27)25(35)33-11-3-4-17(14-33)31-23-10-5-16(13-30-23)26(36)37/h5-10,12-13,17H,3-4,11,14-15H2,1-2H3,(H,30,31)(H,36,37). The highest BCUT2D eigenvalue weighted by atomic mass is 35.5. The lowest BCUT2D eigenvalue weighted by molar-refractivity contribution is 0.0691. The van der Waals surface area contributed by atoms with Crippen molar-refractivity contribution in [3.05, 3.63) is 76.5 Å². The zero-order valence-corrected chi connectivity index (χ0v) is 21.3. The number of carbonyl (C=O) groups excluding carboxylic acids is 1. The van der Waals surface area contributed by atoms with Gasteiger partial charge in [0.15, 0.2) is 0 Å². The maximum Gasteiger partial charge on any atom is 0.337 e. The fourth-order valence-corrected chi connectivity index (χ4v) is 5.10. The van der Waals surface area contributed by atoms with Gasteiger partial charge in [-0.15, -0.1) is 0 Å². The molecule has 0 bridgehead atoms. The zero-order valence-electron chi connectivity index (χ0n) is 20.5. The van der Waals surface area contributed by atoms with Crippen LogP contribution in [0.3, 0.4) is 0 Å². The summed E-state index contributed by atoms with van der Waals surface area (Å²) >= 11 is 5.87. The molecule has 192 valence electrons. The Morgan fingerprint density at radius 1 is 1.19 bits per heavy atom. The Morgan fingerprint density at radius 3 is 2.70 bits per heavy atom. The number of aromatic carboxylic acids is 1. The number of hydrogen-bond acceptors (Lipinski definition) is 6. The number of anilines is 3. The van der Waals surface area contributed by atoms with Crippen molar-refractivity contribution in [2.24, 2.45) is 0 Å². The quantitative estimate of drug-likeness (QED) is 0.479. The molecule has 2 N–H and O–H groups in total. The molecule has 1 atom stereocenters. The van der Waals surface area contributed by atoms with Gasteiger partial charge in [-0.1, -0.05) is 25.4 Å². The summed E-state index contributed by atoms with van der Waals surface area (Å²) in [6.07, 6.45) is 3.00. The van der Waals surface area contributed by atoms with Crippen molar-refractivity contribution in [1.82, 2.24) is 14.9 Å². The van der Waals surface area contributed by atoms with Crippen molar-refractivity contribution >= 4 is 40.7 Å². The summed E-state index contributed by atoms with van der Waals surface area (Å²) in [4.78, 5) is 37.2. The third-order valence-electron chi connectivity index (χ3n) is 6.86. The number of amides is 1. The highest BCUT2D eigenvalue weighted by Gasteiger charge is 2.38. The maximum atomic E-state index is 14.1. The Kier molecular flexibility index (Phi) is 6.49. The number of fused-ring (bicyclic) bond motifs is 1. The first-order valence-electron chi connectivity index (χ1n) is 12.1. The van der Waals surface area contributed by atoms with E-state index in [1.54, 1.807) is 29.2 Å². The van der Waals surface area contributed by atoms with Crippen LogP contribution >= 0.6 is 11.6 Å². The number of nitrogens with zero attached hydrogens (tertiary/aromatic N) is 4. The number of halogens is 2. The van der Waals surface area contributed by atoms with Crippen LogP contribution in [-0.2, 0) is 5.41 Å². The van der Waals surface area contributed by atoms with E-state index in [1.807, 2.05) is 11.0 Å². The van der Waals surface area contributed by atoms with Crippen LogP contribution in [0.15, 0.2) is 48.7 Å². The molecule has 2 aromatic heterocycles.